The van der Waals surface area contributed by atoms with Crippen LogP contribution in [0.2, 0.25) is 5.02 Å². The Morgan fingerprint density at radius 1 is 1.07 bits per heavy atom. The molecular weight excluding hydrogens is 386 g/mol. The van der Waals surface area contributed by atoms with Crippen molar-refractivity contribution in [2.75, 3.05) is 5.73 Å². The zero-order valence-electron chi connectivity index (χ0n) is 16.3. The molecule has 0 aliphatic heterocycles. The van der Waals surface area contributed by atoms with Crippen LogP contribution in [-0.2, 0) is 6.61 Å². The van der Waals surface area contributed by atoms with Crippen molar-refractivity contribution in [3.05, 3.63) is 94.0 Å². The average Bonchev–Trinajstić information content (AvgIpc) is 2.73. The summed E-state index contributed by atoms with van der Waals surface area (Å²) in [4.78, 5) is 12.3. The highest BCUT2D eigenvalue weighted by molar-refractivity contribution is 6.31. The van der Waals surface area contributed by atoms with Gasteiger partial charge in [0.25, 0.3) is 5.91 Å². The van der Waals surface area contributed by atoms with E-state index in [1.807, 2.05) is 62.4 Å². The van der Waals surface area contributed by atoms with Gasteiger partial charge in [-0.05, 0) is 73.0 Å². The number of amides is 1. The summed E-state index contributed by atoms with van der Waals surface area (Å²) in [6, 6.07) is 20.1. The minimum absolute atomic E-state index is 0.283. The van der Waals surface area contributed by atoms with Gasteiger partial charge >= 0.3 is 0 Å². The van der Waals surface area contributed by atoms with Gasteiger partial charge in [-0.15, -0.1) is 0 Å². The lowest BCUT2D eigenvalue weighted by atomic mass is 10.1. The minimum Gasteiger partial charge on any atom is -0.489 e. The molecule has 148 valence electrons. The molecule has 0 aliphatic rings. The standard InChI is InChI=1S/C23H22ClN3O2/c1-15-12-21(10-11-22(15)24)29-14-17-6-8-18(9-7-17)23(28)27-26-16(2)19-4-3-5-20(25)13-19/h3-13H,14,25H2,1-2H3,(H,27,28)/b26-16+. The maximum Gasteiger partial charge on any atom is 0.271 e. The molecule has 0 spiro atoms. The third kappa shape index (κ3) is 5.59. The molecule has 3 aromatic carbocycles. The fraction of sp³-hybridized carbons (Fsp3) is 0.130. The maximum atomic E-state index is 12.3. The summed E-state index contributed by atoms with van der Waals surface area (Å²) in [5.74, 6) is 0.467. The molecule has 0 heterocycles. The summed E-state index contributed by atoms with van der Waals surface area (Å²) < 4.78 is 5.77. The number of carbonyl (C=O) groups excluding carboxylic acids is 1. The molecule has 0 fully saturated rings. The van der Waals surface area contributed by atoms with Crippen LogP contribution in [-0.4, -0.2) is 11.6 Å². The summed E-state index contributed by atoms with van der Waals surface area (Å²) in [6.45, 7) is 4.14. The molecule has 0 aliphatic carbocycles. The molecule has 3 rings (SSSR count). The monoisotopic (exact) mass is 407 g/mol. The van der Waals surface area contributed by atoms with Crippen molar-refractivity contribution in [1.82, 2.24) is 5.43 Å². The normalized spacial score (nSPS) is 11.2. The van der Waals surface area contributed by atoms with Crippen molar-refractivity contribution in [1.29, 1.82) is 0 Å². The number of anilines is 1. The van der Waals surface area contributed by atoms with Crippen molar-refractivity contribution in [2.45, 2.75) is 20.5 Å². The second-order valence-corrected chi connectivity index (χ2v) is 7.07. The Bertz CT molecular complexity index is 1050. The Balaban J connectivity index is 1.58. The zero-order chi connectivity index (χ0) is 20.8. The predicted molar refractivity (Wildman–Crippen MR) is 117 cm³/mol. The van der Waals surface area contributed by atoms with E-state index in [2.05, 4.69) is 10.5 Å². The number of rotatable bonds is 6. The Morgan fingerprint density at radius 3 is 2.52 bits per heavy atom. The summed E-state index contributed by atoms with van der Waals surface area (Å²) in [5, 5.41) is 4.86. The third-order valence-corrected chi connectivity index (χ3v) is 4.80. The first-order valence-electron chi connectivity index (χ1n) is 9.11. The van der Waals surface area contributed by atoms with Crippen molar-refractivity contribution >= 4 is 28.9 Å². The number of nitrogen functional groups attached to an aromatic ring is 1. The number of nitrogens with one attached hydrogen (secondary N) is 1. The van der Waals surface area contributed by atoms with Gasteiger partial charge in [-0.3, -0.25) is 4.79 Å². The molecule has 1 amide bonds. The van der Waals surface area contributed by atoms with Gasteiger partial charge in [0, 0.05) is 16.3 Å². The lowest BCUT2D eigenvalue weighted by Crippen LogP contribution is -2.19. The van der Waals surface area contributed by atoms with E-state index < -0.39 is 0 Å². The van der Waals surface area contributed by atoms with Crippen LogP contribution >= 0.6 is 11.6 Å². The van der Waals surface area contributed by atoms with Crippen LogP contribution in [0.1, 0.15) is 34.0 Å². The highest BCUT2D eigenvalue weighted by Gasteiger charge is 2.06. The minimum atomic E-state index is -0.283. The number of hydrogen-bond acceptors (Lipinski definition) is 4. The summed E-state index contributed by atoms with van der Waals surface area (Å²) in [5.41, 5.74) is 13.0. The number of ether oxygens (including phenoxy) is 1. The summed E-state index contributed by atoms with van der Waals surface area (Å²) >= 11 is 6.02. The Morgan fingerprint density at radius 2 is 1.83 bits per heavy atom. The van der Waals surface area contributed by atoms with Gasteiger partial charge in [-0.2, -0.15) is 5.10 Å². The van der Waals surface area contributed by atoms with E-state index in [0.717, 1.165) is 22.4 Å². The number of nitrogens with two attached hydrogens (primary N) is 1. The highest BCUT2D eigenvalue weighted by atomic mass is 35.5. The molecule has 0 radical (unpaired) electrons. The molecule has 0 unspecified atom stereocenters. The van der Waals surface area contributed by atoms with Gasteiger partial charge in [0.15, 0.2) is 0 Å². The summed E-state index contributed by atoms with van der Waals surface area (Å²) in [7, 11) is 0. The lowest BCUT2D eigenvalue weighted by Gasteiger charge is -2.08. The topological polar surface area (TPSA) is 76.7 Å². The van der Waals surface area contributed by atoms with Crippen LogP contribution in [0.3, 0.4) is 0 Å². The molecule has 0 saturated heterocycles. The second-order valence-electron chi connectivity index (χ2n) is 6.66. The molecule has 3 N–H and O–H groups in total. The maximum absolute atomic E-state index is 12.3. The summed E-state index contributed by atoms with van der Waals surface area (Å²) in [6.07, 6.45) is 0. The van der Waals surface area contributed by atoms with Crippen molar-refractivity contribution in [3.8, 4) is 5.75 Å². The number of nitrogens with zero attached hydrogens (tertiary/aromatic N) is 1. The van der Waals surface area contributed by atoms with E-state index >= 15 is 0 Å². The number of benzene rings is 3. The van der Waals surface area contributed by atoms with E-state index in [0.29, 0.717) is 28.6 Å². The van der Waals surface area contributed by atoms with Crippen LogP contribution in [0.15, 0.2) is 71.8 Å². The van der Waals surface area contributed by atoms with E-state index in [4.69, 9.17) is 22.1 Å². The first-order valence-corrected chi connectivity index (χ1v) is 9.48. The number of aryl methyl sites for hydroxylation is 1. The average molecular weight is 408 g/mol. The fourth-order valence-electron chi connectivity index (χ4n) is 2.65. The first kappa shape index (κ1) is 20.4. The van der Waals surface area contributed by atoms with Crippen LogP contribution in [0, 0.1) is 6.92 Å². The predicted octanol–water partition coefficient (Wildman–Crippen LogP) is 4.96. The number of halogens is 1. The SMILES string of the molecule is C/C(=N\NC(=O)c1ccc(COc2ccc(Cl)c(C)c2)cc1)c1cccc(N)c1. The molecule has 0 saturated carbocycles. The molecule has 5 nitrogen and oxygen atoms in total. The number of hydrogen-bond donors (Lipinski definition) is 2. The lowest BCUT2D eigenvalue weighted by molar-refractivity contribution is 0.0955. The largest absolute Gasteiger partial charge is 0.489 e. The van der Waals surface area contributed by atoms with Gasteiger partial charge in [-0.25, -0.2) is 5.43 Å². The van der Waals surface area contributed by atoms with Crippen molar-refractivity contribution in [2.24, 2.45) is 5.10 Å². The van der Waals surface area contributed by atoms with Crippen LogP contribution in [0.4, 0.5) is 5.69 Å². The van der Waals surface area contributed by atoms with Gasteiger partial charge in [0.2, 0.25) is 0 Å². The number of carbonyl (C=O) groups is 1. The van der Waals surface area contributed by atoms with E-state index in [1.54, 1.807) is 18.2 Å². The van der Waals surface area contributed by atoms with Crippen molar-refractivity contribution in [3.63, 3.8) is 0 Å². The quantitative estimate of drug-likeness (QED) is 0.344. The van der Waals surface area contributed by atoms with E-state index in [1.165, 1.54) is 0 Å². The van der Waals surface area contributed by atoms with Gasteiger partial charge < -0.3 is 10.5 Å². The van der Waals surface area contributed by atoms with Gasteiger partial charge in [0.1, 0.15) is 12.4 Å². The molecule has 0 atom stereocenters. The Labute approximate surface area is 175 Å². The molecule has 3 aromatic rings. The molecule has 6 heteroatoms. The first-order chi connectivity index (χ1) is 13.9. The smallest absolute Gasteiger partial charge is 0.271 e. The molecule has 29 heavy (non-hydrogen) atoms. The van der Waals surface area contributed by atoms with Gasteiger partial charge in [-0.1, -0.05) is 35.9 Å². The fourth-order valence-corrected chi connectivity index (χ4v) is 2.77. The van der Waals surface area contributed by atoms with Gasteiger partial charge in [0.05, 0.1) is 5.71 Å². The second kappa shape index (κ2) is 9.26. The van der Waals surface area contributed by atoms with Crippen molar-refractivity contribution < 1.29 is 9.53 Å². The highest BCUT2D eigenvalue weighted by Crippen LogP contribution is 2.22. The molecule has 0 aromatic heterocycles. The molecule has 0 bridgehead atoms. The van der Waals surface area contributed by atoms with Crippen LogP contribution < -0.4 is 15.9 Å². The Hall–Kier alpha value is -3.31. The zero-order valence-corrected chi connectivity index (χ0v) is 17.0. The number of hydrazone groups is 1. The third-order valence-electron chi connectivity index (χ3n) is 4.38. The van der Waals surface area contributed by atoms with E-state index in [-0.39, 0.29) is 5.91 Å². The van der Waals surface area contributed by atoms with E-state index in [9.17, 15) is 4.79 Å². The van der Waals surface area contributed by atoms with Crippen LogP contribution in [0.5, 0.6) is 5.75 Å². The Kier molecular flexibility index (Phi) is 6.52. The van der Waals surface area contributed by atoms with Crippen LogP contribution in [0.25, 0.3) is 0 Å². The molecular formula is C23H22ClN3O2.